The maximum Gasteiger partial charge on any atom is 0.331 e. The Hall–Kier alpha value is -2.98. The van der Waals surface area contributed by atoms with E-state index in [1.54, 1.807) is 0 Å². The molecule has 0 saturated heterocycles. The van der Waals surface area contributed by atoms with E-state index in [-0.39, 0.29) is 16.6 Å². The summed E-state index contributed by atoms with van der Waals surface area (Å²) in [5, 5.41) is 11.9. The summed E-state index contributed by atoms with van der Waals surface area (Å²) < 4.78 is 33.9. The molecule has 1 aliphatic rings. The van der Waals surface area contributed by atoms with Crippen LogP contribution in [0.4, 0.5) is 17.1 Å². The van der Waals surface area contributed by atoms with Crippen molar-refractivity contribution in [3.05, 3.63) is 48.7 Å². The summed E-state index contributed by atoms with van der Waals surface area (Å²) >= 11 is 1.40. The number of hydrogen-bond donors (Lipinski definition) is 2. The van der Waals surface area contributed by atoms with Crippen LogP contribution in [0, 0.1) is 5.41 Å². The van der Waals surface area contributed by atoms with Crippen LogP contribution < -0.4 is 15.0 Å². The Balaban J connectivity index is 2.19. The van der Waals surface area contributed by atoms with Gasteiger partial charge in [0.1, 0.15) is 5.75 Å². The van der Waals surface area contributed by atoms with Crippen LogP contribution >= 0.6 is 11.8 Å². The average Bonchev–Trinajstić information content (AvgIpc) is 3.02. The standard InChI is InChI=1S/C31H42N2O6S2/c1-5-8-16-31(17-9-6-2)21-33(24-13-11-23(12-14-24)32-29(34)10-7-3)25-19-27(40-4)26(39-18-15-30(35)36)20-28(25)41(37,38)22-31/h11-15,18-20H,5-10,16-17,21-22H2,1-4H3,(H,32,34)(H,35,36). The molecule has 0 aliphatic carbocycles. The van der Waals surface area contributed by atoms with Gasteiger partial charge in [-0.15, -0.1) is 11.8 Å². The number of sulfone groups is 1. The van der Waals surface area contributed by atoms with Gasteiger partial charge in [-0.05, 0) is 55.9 Å². The van der Waals surface area contributed by atoms with Gasteiger partial charge in [0, 0.05) is 35.8 Å². The summed E-state index contributed by atoms with van der Waals surface area (Å²) in [6.07, 6.45) is 10.4. The number of rotatable bonds is 14. The van der Waals surface area contributed by atoms with Crippen molar-refractivity contribution < 1.29 is 27.9 Å². The number of fused-ring (bicyclic) bond motifs is 1. The molecule has 1 amide bonds. The van der Waals surface area contributed by atoms with Gasteiger partial charge in [0.25, 0.3) is 0 Å². The van der Waals surface area contributed by atoms with Gasteiger partial charge in [-0.1, -0.05) is 46.5 Å². The van der Waals surface area contributed by atoms with Gasteiger partial charge in [0.15, 0.2) is 9.84 Å². The number of anilines is 3. The van der Waals surface area contributed by atoms with Gasteiger partial charge in [0.05, 0.1) is 33.6 Å². The number of unbranched alkanes of at least 4 members (excludes halogenated alkanes) is 2. The molecule has 0 atom stereocenters. The van der Waals surface area contributed by atoms with E-state index < -0.39 is 21.2 Å². The first-order valence-electron chi connectivity index (χ1n) is 14.3. The lowest BCUT2D eigenvalue weighted by atomic mass is 9.79. The lowest BCUT2D eigenvalue weighted by molar-refractivity contribution is -0.131. The molecule has 10 heteroatoms. The SMILES string of the molecule is CCCCC1(CCCC)CN(c2ccc(NC(=O)CCC)cc2)c2cc(SC)c(OC=CC(=O)O)cc2S(=O)(=O)C1. The molecule has 41 heavy (non-hydrogen) atoms. The van der Waals surface area contributed by atoms with E-state index in [4.69, 9.17) is 9.84 Å². The third-order valence-corrected chi connectivity index (χ3v) is 10.1. The molecule has 1 heterocycles. The second-order valence-corrected chi connectivity index (χ2v) is 13.4. The predicted molar refractivity (Wildman–Crippen MR) is 166 cm³/mol. The van der Waals surface area contributed by atoms with Crippen LogP contribution in [0.15, 0.2) is 58.5 Å². The normalized spacial score (nSPS) is 15.8. The highest BCUT2D eigenvalue weighted by molar-refractivity contribution is 7.98. The molecule has 0 saturated carbocycles. The lowest BCUT2D eigenvalue weighted by Gasteiger charge is -2.37. The van der Waals surface area contributed by atoms with Crippen molar-refractivity contribution in [1.82, 2.24) is 0 Å². The third kappa shape index (κ3) is 8.52. The molecule has 2 aromatic rings. The monoisotopic (exact) mass is 602 g/mol. The van der Waals surface area contributed by atoms with Crippen molar-refractivity contribution in [2.45, 2.75) is 81.9 Å². The maximum absolute atomic E-state index is 14.1. The van der Waals surface area contributed by atoms with Crippen LogP contribution in [0.5, 0.6) is 5.75 Å². The molecule has 224 valence electrons. The van der Waals surface area contributed by atoms with Crippen molar-refractivity contribution in [1.29, 1.82) is 0 Å². The molecule has 1 aliphatic heterocycles. The number of carbonyl (C=O) groups excluding carboxylic acids is 1. The second kappa shape index (κ2) is 14.8. The first-order chi connectivity index (χ1) is 19.6. The molecule has 2 aromatic carbocycles. The number of carboxylic acids is 1. The Morgan fingerprint density at radius 2 is 1.73 bits per heavy atom. The quantitative estimate of drug-likeness (QED) is 0.131. The largest absolute Gasteiger partial charge is 0.478 e. The number of nitrogens with one attached hydrogen (secondary N) is 1. The number of nitrogens with zero attached hydrogens (tertiary/aromatic N) is 1. The smallest absolute Gasteiger partial charge is 0.331 e. The average molecular weight is 603 g/mol. The van der Waals surface area contributed by atoms with Gasteiger partial charge < -0.3 is 20.1 Å². The second-order valence-electron chi connectivity index (χ2n) is 10.6. The maximum atomic E-state index is 14.1. The minimum Gasteiger partial charge on any atom is -0.478 e. The van der Waals surface area contributed by atoms with E-state index in [1.807, 2.05) is 43.5 Å². The molecule has 0 unspecified atom stereocenters. The number of thioether (sulfide) groups is 1. The van der Waals surface area contributed by atoms with E-state index in [0.717, 1.165) is 63.0 Å². The number of benzene rings is 2. The highest BCUT2D eigenvalue weighted by atomic mass is 32.2. The molecular formula is C31H42N2O6S2. The molecule has 3 rings (SSSR count). The summed E-state index contributed by atoms with van der Waals surface area (Å²) in [5.74, 6) is -0.882. The van der Waals surface area contributed by atoms with Crippen LogP contribution in [-0.4, -0.2) is 44.0 Å². The molecule has 8 nitrogen and oxygen atoms in total. The summed E-state index contributed by atoms with van der Waals surface area (Å²) in [6, 6.07) is 10.9. The number of carbonyl (C=O) groups is 2. The van der Waals surface area contributed by atoms with E-state index in [1.165, 1.54) is 17.8 Å². The number of carboxylic acid groups (broad SMARTS) is 1. The van der Waals surface area contributed by atoms with Gasteiger partial charge in [0.2, 0.25) is 5.91 Å². The fourth-order valence-electron chi connectivity index (χ4n) is 5.29. The summed E-state index contributed by atoms with van der Waals surface area (Å²) in [4.78, 5) is 26.1. The fourth-order valence-corrected chi connectivity index (χ4v) is 7.95. The van der Waals surface area contributed by atoms with Crippen molar-refractivity contribution in [2.75, 3.05) is 28.8 Å². The Bertz CT molecular complexity index is 1330. The van der Waals surface area contributed by atoms with Crippen LogP contribution in [0.25, 0.3) is 0 Å². The summed E-state index contributed by atoms with van der Waals surface area (Å²) in [6.45, 7) is 6.73. The Morgan fingerprint density at radius 1 is 1.07 bits per heavy atom. The minimum absolute atomic E-state index is 0.0255. The first-order valence-corrected chi connectivity index (χ1v) is 17.1. The Kier molecular flexibility index (Phi) is 11.7. The van der Waals surface area contributed by atoms with Crippen LogP contribution in [-0.2, 0) is 19.4 Å². The van der Waals surface area contributed by atoms with Crippen molar-refractivity contribution in [3.8, 4) is 5.75 Å². The lowest BCUT2D eigenvalue weighted by Crippen LogP contribution is -2.38. The van der Waals surface area contributed by atoms with Crippen molar-refractivity contribution >= 4 is 50.5 Å². The molecule has 0 radical (unpaired) electrons. The van der Waals surface area contributed by atoms with E-state index in [0.29, 0.717) is 35.0 Å². The topological polar surface area (TPSA) is 113 Å². The molecular weight excluding hydrogens is 560 g/mol. The van der Waals surface area contributed by atoms with E-state index in [2.05, 4.69) is 24.1 Å². The van der Waals surface area contributed by atoms with Gasteiger partial charge in [-0.2, -0.15) is 0 Å². The van der Waals surface area contributed by atoms with Crippen LogP contribution in [0.1, 0.15) is 72.1 Å². The Labute approximate surface area is 248 Å². The van der Waals surface area contributed by atoms with Gasteiger partial charge >= 0.3 is 5.97 Å². The van der Waals surface area contributed by atoms with Crippen molar-refractivity contribution in [3.63, 3.8) is 0 Å². The third-order valence-electron chi connectivity index (χ3n) is 7.33. The number of ether oxygens (including phenoxy) is 1. The zero-order valence-corrected chi connectivity index (χ0v) is 26.1. The minimum atomic E-state index is -3.74. The van der Waals surface area contributed by atoms with E-state index in [9.17, 15) is 18.0 Å². The van der Waals surface area contributed by atoms with Gasteiger partial charge in [-0.25, -0.2) is 13.2 Å². The molecule has 0 bridgehead atoms. The van der Waals surface area contributed by atoms with Gasteiger partial charge in [-0.3, -0.25) is 4.79 Å². The molecule has 0 fully saturated rings. The number of amides is 1. The zero-order chi connectivity index (χ0) is 30.0. The zero-order valence-electron chi connectivity index (χ0n) is 24.4. The van der Waals surface area contributed by atoms with Crippen LogP contribution in [0.3, 0.4) is 0 Å². The predicted octanol–water partition coefficient (Wildman–Crippen LogP) is 7.42. The highest BCUT2D eigenvalue weighted by Crippen LogP contribution is 2.48. The number of hydrogen-bond acceptors (Lipinski definition) is 7. The molecule has 0 aromatic heterocycles. The molecule has 0 spiro atoms. The first kappa shape index (κ1) is 32.5. The summed E-state index contributed by atoms with van der Waals surface area (Å²) in [5.41, 5.74) is 1.64. The fraction of sp³-hybridized carbons (Fsp3) is 0.484. The number of aliphatic carboxylic acids is 1. The summed E-state index contributed by atoms with van der Waals surface area (Å²) in [7, 11) is -3.74. The Morgan fingerprint density at radius 3 is 2.29 bits per heavy atom. The highest BCUT2D eigenvalue weighted by Gasteiger charge is 2.42. The van der Waals surface area contributed by atoms with Crippen LogP contribution in [0.2, 0.25) is 0 Å². The molecule has 2 N–H and O–H groups in total. The van der Waals surface area contributed by atoms with Crippen molar-refractivity contribution in [2.24, 2.45) is 5.41 Å². The van der Waals surface area contributed by atoms with E-state index >= 15 is 0 Å².